The van der Waals surface area contributed by atoms with Crippen molar-refractivity contribution in [2.24, 2.45) is 11.7 Å². The van der Waals surface area contributed by atoms with Crippen molar-refractivity contribution in [1.29, 1.82) is 0 Å². The van der Waals surface area contributed by atoms with Crippen molar-refractivity contribution in [3.05, 3.63) is 22.4 Å². The first-order chi connectivity index (χ1) is 8.08. The molecule has 2 unspecified atom stereocenters. The van der Waals surface area contributed by atoms with Gasteiger partial charge in [0.25, 0.3) is 0 Å². The van der Waals surface area contributed by atoms with Crippen molar-refractivity contribution in [1.82, 2.24) is 4.90 Å². The summed E-state index contributed by atoms with van der Waals surface area (Å²) in [6.07, 6.45) is 1.82. The van der Waals surface area contributed by atoms with Gasteiger partial charge in [-0.05, 0) is 44.2 Å². The Bertz CT molecular complexity index is 333. The molecule has 2 atom stereocenters. The minimum absolute atomic E-state index is 0.0658. The van der Waals surface area contributed by atoms with E-state index in [1.807, 2.05) is 0 Å². The van der Waals surface area contributed by atoms with Crippen LogP contribution >= 0.6 is 11.3 Å². The molecule has 3 nitrogen and oxygen atoms in total. The molecule has 2 rings (SSSR count). The standard InChI is InChI=1S/C13H22N2OS/c1-9(14)13(12-4-3-5-17-12)15(2)8-10-6-11(16)7-10/h3-5,9-11,13,16H,6-8,14H2,1-2H3. The maximum absolute atomic E-state index is 9.32. The first-order valence-corrected chi connectivity index (χ1v) is 7.13. The fourth-order valence-electron chi connectivity index (χ4n) is 2.71. The molecule has 1 aromatic heterocycles. The molecule has 0 bridgehead atoms. The van der Waals surface area contributed by atoms with E-state index >= 15 is 0 Å². The molecule has 0 saturated heterocycles. The summed E-state index contributed by atoms with van der Waals surface area (Å²) in [7, 11) is 2.14. The summed E-state index contributed by atoms with van der Waals surface area (Å²) < 4.78 is 0. The highest BCUT2D eigenvalue weighted by molar-refractivity contribution is 7.10. The molecule has 96 valence electrons. The molecule has 0 radical (unpaired) electrons. The van der Waals surface area contributed by atoms with Crippen LogP contribution in [0.1, 0.15) is 30.7 Å². The molecule has 4 heteroatoms. The van der Waals surface area contributed by atoms with Gasteiger partial charge in [0.2, 0.25) is 0 Å². The molecule has 17 heavy (non-hydrogen) atoms. The molecule has 1 fully saturated rings. The highest BCUT2D eigenvalue weighted by Gasteiger charge is 2.31. The van der Waals surface area contributed by atoms with Gasteiger partial charge in [-0.15, -0.1) is 11.3 Å². The zero-order valence-corrected chi connectivity index (χ0v) is 11.4. The van der Waals surface area contributed by atoms with Gasteiger partial charge in [0.1, 0.15) is 0 Å². The third-order valence-corrected chi connectivity index (χ3v) is 4.51. The molecule has 1 aliphatic rings. The van der Waals surface area contributed by atoms with Crippen LogP contribution in [0.5, 0.6) is 0 Å². The number of likely N-dealkylation sites (N-methyl/N-ethyl adjacent to an activating group) is 1. The predicted octanol–water partition coefficient (Wildman–Crippen LogP) is 1.84. The van der Waals surface area contributed by atoms with E-state index in [1.54, 1.807) is 11.3 Å². The maximum Gasteiger partial charge on any atom is 0.0588 e. The van der Waals surface area contributed by atoms with Crippen LogP contribution in [-0.2, 0) is 0 Å². The number of nitrogens with zero attached hydrogens (tertiary/aromatic N) is 1. The van der Waals surface area contributed by atoms with E-state index in [4.69, 9.17) is 5.73 Å². The second-order valence-corrected chi connectivity index (χ2v) is 6.23. The Morgan fingerprint density at radius 1 is 1.59 bits per heavy atom. The van der Waals surface area contributed by atoms with Crippen LogP contribution in [0.2, 0.25) is 0 Å². The Kier molecular flexibility index (Phi) is 4.20. The minimum Gasteiger partial charge on any atom is -0.393 e. The lowest BCUT2D eigenvalue weighted by Crippen LogP contribution is -2.42. The Hall–Kier alpha value is -0.420. The number of hydrogen-bond donors (Lipinski definition) is 2. The quantitative estimate of drug-likeness (QED) is 0.843. The number of hydrogen-bond acceptors (Lipinski definition) is 4. The second-order valence-electron chi connectivity index (χ2n) is 5.25. The van der Waals surface area contributed by atoms with Crippen LogP contribution in [0.25, 0.3) is 0 Å². The average Bonchev–Trinajstić information content (AvgIpc) is 2.68. The van der Waals surface area contributed by atoms with E-state index in [9.17, 15) is 5.11 Å². The van der Waals surface area contributed by atoms with Crippen LogP contribution in [-0.4, -0.2) is 35.7 Å². The lowest BCUT2D eigenvalue weighted by Gasteiger charge is -2.38. The highest BCUT2D eigenvalue weighted by atomic mass is 32.1. The Labute approximate surface area is 107 Å². The van der Waals surface area contributed by atoms with E-state index < -0.39 is 0 Å². The summed E-state index contributed by atoms with van der Waals surface area (Å²) in [5.74, 6) is 0.635. The van der Waals surface area contributed by atoms with Crippen LogP contribution in [0.4, 0.5) is 0 Å². The number of thiophene rings is 1. The number of nitrogens with two attached hydrogens (primary N) is 1. The van der Waals surface area contributed by atoms with E-state index in [0.717, 1.165) is 19.4 Å². The molecule has 3 N–H and O–H groups in total. The molecule has 1 aromatic rings. The zero-order valence-electron chi connectivity index (χ0n) is 10.5. The minimum atomic E-state index is -0.0658. The molecular weight excluding hydrogens is 232 g/mol. The smallest absolute Gasteiger partial charge is 0.0588 e. The van der Waals surface area contributed by atoms with Crippen molar-refractivity contribution >= 4 is 11.3 Å². The van der Waals surface area contributed by atoms with Gasteiger partial charge in [-0.1, -0.05) is 6.07 Å². The van der Waals surface area contributed by atoms with Crippen molar-refractivity contribution in [3.8, 4) is 0 Å². The van der Waals surface area contributed by atoms with E-state index in [-0.39, 0.29) is 12.1 Å². The summed E-state index contributed by atoms with van der Waals surface area (Å²) in [6, 6.07) is 4.66. The van der Waals surface area contributed by atoms with Gasteiger partial charge in [0, 0.05) is 17.5 Å². The second kappa shape index (κ2) is 5.48. The third kappa shape index (κ3) is 3.07. The summed E-state index contributed by atoms with van der Waals surface area (Å²) >= 11 is 1.77. The average molecular weight is 254 g/mol. The Morgan fingerprint density at radius 3 is 2.76 bits per heavy atom. The largest absolute Gasteiger partial charge is 0.393 e. The summed E-state index contributed by atoms with van der Waals surface area (Å²) in [6.45, 7) is 3.09. The van der Waals surface area contributed by atoms with Crippen LogP contribution < -0.4 is 5.73 Å². The van der Waals surface area contributed by atoms with E-state index in [2.05, 4.69) is 36.4 Å². The van der Waals surface area contributed by atoms with Crippen molar-refractivity contribution in [2.45, 2.75) is 38.0 Å². The van der Waals surface area contributed by atoms with Gasteiger partial charge in [0.05, 0.1) is 12.1 Å². The molecule has 0 aromatic carbocycles. The highest BCUT2D eigenvalue weighted by Crippen LogP contribution is 2.32. The van der Waals surface area contributed by atoms with Gasteiger partial charge in [-0.3, -0.25) is 4.90 Å². The van der Waals surface area contributed by atoms with Crippen LogP contribution in [0.3, 0.4) is 0 Å². The van der Waals surface area contributed by atoms with Gasteiger partial charge in [-0.2, -0.15) is 0 Å². The van der Waals surface area contributed by atoms with Gasteiger partial charge in [-0.25, -0.2) is 0 Å². The Morgan fingerprint density at radius 2 is 2.29 bits per heavy atom. The first-order valence-electron chi connectivity index (χ1n) is 6.25. The normalized spacial score (nSPS) is 27.8. The molecule has 1 aliphatic carbocycles. The van der Waals surface area contributed by atoms with E-state index in [0.29, 0.717) is 12.0 Å². The molecule has 1 saturated carbocycles. The summed E-state index contributed by atoms with van der Waals surface area (Å²) in [5, 5.41) is 11.4. The molecule has 0 amide bonds. The lowest BCUT2D eigenvalue weighted by atomic mass is 9.82. The van der Waals surface area contributed by atoms with Crippen molar-refractivity contribution < 1.29 is 5.11 Å². The maximum atomic E-state index is 9.32. The molecule has 1 heterocycles. The van der Waals surface area contributed by atoms with Gasteiger partial charge in [0.15, 0.2) is 0 Å². The summed E-state index contributed by atoms with van der Waals surface area (Å²) in [5.41, 5.74) is 6.11. The SMILES string of the molecule is CC(N)C(c1cccs1)N(C)CC1CC(O)C1. The lowest BCUT2D eigenvalue weighted by molar-refractivity contribution is 0.0206. The fraction of sp³-hybridized carbons (Fsp3) is 0.692. The molecular formula is C13H22N2OS. The fourth-order valence-corrected chi connectivity index (χ4v) is 3.71. The van der Waals surface area contributed by atoms with Crippen LogP contribution in [0, 0.1) is 5.92 Å². The van der Waals surface area contributed by atoms with Crippen molar-refractivity contribution in [2.75, 3.05) is 13.6 Å². The number of rotatable bonds is 5. The number of aliphatic hydroxyl groups is 1. The predicted molar refractivity (Wildman–Crippen MR) is 72.1 cm³/mol. The van der Waals surface area contributed by atoms with Crippen LogP contribution in [0.15, 0.2) is 17.5 Å². The Balaban J connectivity index is 1.96. The van der Waals surface area contributed by atoms with Crippen molar-refractivity contribution in [3.63, 3.8) is 0 Å². The first kappa shape index (κ1) is 13.0. The third-order valence-electron chi connectivity index (χ3n) is 3.56. The van der Waals surface area contributed by atoms with E-state index in [1.165, 1.54) is 4.88 Å². The summed E-state index contributed by atoms with van der Waals surface area (Å²) in [4.78, 5) is 3.68. The molecule has 0 spiro atoms. The number of aliphatic hydroxyl groups excluding tert-OH is 1. The molecule has 0 aliphatic heterocycles. The van der Waals surface area contributed by atoms with Gasteiger partial charge < -0.3 is 10.8 Å². The zero-order chi connectivity index (χ0) is 12.4. The monoisotopic (exact) mass is 254 g/mol. The topological polar surface area (TPSA) is 49.5 Å². The van der Waals surface area contributed by atoms with Gasteiger partial charge >= 0.3 is 0 Å².